The van der Waals surface area contributed by atoms with Crippen LogP contribution in [0.25, 0.3) is 0 Å². The minimum absolute atomic E-state index is 0.0155. The number of likely N-dealkylation sites (tertiary alicyclic amines) is 1. The van der Waals surface area contributed by atoms with Gasteiger partial charge in [0.15, 0.2) is 9.84 Å². The Labute approximate surface area is 121 Å². The summed E-state index contributed by atoms with van der Waals surface area (Å²) in [7, 11) is -3.01. The quantitative estimate of drug-likeness (QED) is 0.820. The number of amides is 1. The maximum atomic E-state index is 12.1. The second-order valence-corrected chi connectivity index (χ2v) is 8.83. The lowest BCUT2D eigenvalue weighted by Gasteiger charge is -2.35. The third-order valence-corrected chi connectivity index (χ3v) is 6.67. The van der Waals surface area contributed by atoms with Crippen molar-refractivity contribution in [2.75, 3.05) is 24.6 Å². The highest BCUT2D eigenvalue weighted by molar-refractivity contribution is 7.91. The number of piperidine rings is 1. The van der Waals surface area contributed by atoms with Crippen LogP contribution in [0.4, 0.5) is 0 Å². The highest BCUT2D eigenvalue weighted by atomic mass is 32.2. The number of rotatable bonds is 3. The number of carbonyl (C=O) groups excluding carboxylic acids is 1. The van der Waals surface area contributed by atoms with E-state index in [1.165, 1.54) is 6.42 Å². The molecule has 0 bridgehead atoms. The van der Waals surface area contributed by atoms with Gasteiger partial charge in [-0.15, -0.1) is 0 Å². The molecule has 1 N–H and O–H groups in total. The molecule has 6 heteroatoms. The van der Waals surface area contributed by atoms with Crippen LogP contribution in [-0.2, 0) is 14.6 Å². The van der Waals surface area contributed by atoms with Gasteiger partial charge >= 0.3 is 0 Å². The van der Waals surface area contributed by atoms with Crippen LogP contribution < -0.4 is 5.32 Å². The summed E-state index contributed by atoms with van der Waals surface area (Å²) in [6.45, 7) is 4.00. The van der Waals surface area contributed by atoms with E-state index in [-0.39, 0.29) is 35.4 Å². The lowest BCUT2D eigenvalue weighted by molar-refractivity contribution is -0.123. The van der Waals surface area contributed by atoms with Crippen molar-refractivity contribution < 1.29 is 13.2 Å². The lowest BCUT2D eigenvalue weighted by atomic mass is 10.0. The minimum atomic E-state index is -3.01. The van der Waals surface area contributed by atoms with Gasteiger partial charge in [-0.05, 0) is 38.3 Å². The van der Waals surface area contributed by atoms with E-state index in [9.17, 15) is 13.2 Å². The maximum Gasteiger partial charge on any atom is 0.223 e. The minimum Gasteiger partial charge on any atom is -0.350 e. The highest BCUT2D eigenvalue weighted by Gasteiger charge is 2.45. The van der Waals surface area contributed by atoms with Gasteiger partial charge < -0.3 is 5.32 Å². The van der Waals surface area contributed by atoms with Crippen LogP contribution in [0.5, 0.6) is 0 Å². The summed E-state index contributed by atoms with van der Waals surface area (Å²) < 4.78 is 23.9. The molecular weight excluding hydrogens is 276 g/mol. The largest absolute Gasteiger partial charge is 0.350 e. The molecule has 2 aliphatic heterocycles. The van der Waals surface area contributed by atoms with Gasteiger partial charge in [0.05, 0.1) is 17.5 Å². The highest BCUT2D eigenvalue weighted by Crippen LogP contribution is 2.38. The molecule has 114 valence electrons. The first-order valence-corrected chi connectivity index (χ1v) is 9.53. The zero-order chi connectivity index (χ0) is 14.3. The Balaban J connectivity index is 1.67. The molecule has 3 aliphatic rings. The van der Waals surface area contributed by atoms with Crippen molar-refractivity contribution in [1.82, 2.24) is 10.2 Å². The Kier molecular flexibility index (Phi) is 3.79. The Morgan fingerprint density at radius 1 is 1.15 bits per heavy atom. The van der Waals surface area contributed by atoms with E-state index in [0.717, 1.165) is 32.4 Å². The third kappa shape index (κ3) is 3.01. The van der Waals surface area contributed by atoms with Gasteiger partial charge in [0.2, 0.25) is 5.91 Å². The standard InChI is InChI=1S/C14H24N2O3S/c1-10-7-11(10)14(17)15-12-8-20(18,19)9-13(12)16-5-3-2-4-6-16/h10-13H,2-9H2,1H3,(H,15,17)/t10-,11+,12-,13-/m1/s1. The van der Waals surface area contributed by atoms with Crippen LogP contribution in [-0.4, -0.2) is 55.9 Å². The first-order valence-electron chi connectivity index (χ1n) is 7.71. The van der Waals surface area contributed by atoms with Crippen LogP contribution in [0.1, 0.15) is 32.6 Å². The van der Waals surface area contributed by atoms with Gasteiger partial charge in [-0.3, -0.25) is 9.69 Å². The van der Waals surface area contributed by atoms with E-state index < -0.39 is 9.84 Å². The summed E-state index contributed by atoms with van der Waals surface area (Å²) in [5.41, 5.74) is 0. The smallest absolute Gasteiger partial charge is 0.223 e. The van der Waals surface area contributed by atoms with Crippen molar-refractivity contribution >= 4 is 15.7 Å². The molecule has 2 saturated heterocycles. The summed E-state index contributed by atoms with van der Waals surface area (Å²) in [5.74, 6) is 0.947. The molecule has 5 nitrogen and oxygen atoms in total. The second-order valence-electron chi connectivity index (χ2n) is 6.68. The molecule has 0 radical (unpaired) electrons. The average Bonchev–Trinajstić information content (AvgIpc) is 3.05. The second kappa shape index (κ2) is 5.30. The number of nitrogens with zero attached hydrogens (tertiary/aromatic N) is 1. The van der Waals surface area contributed by atoms with Crippen molar-refractivity contribution in [2.24, 2.45) is 11.8 Å². The maximum absolute atomic E-state index is 12.1. The molecule has 3 fully saturated rings. The van der Waals surface area contributed by atoms with E-state index in [0.29, 0.717) is 5.92 Å². The van der Waals surface area contributed by atoms with Gasteiger partial charge in [0.1, 0.15) is 0 Å². The molecule has 0 unspecified atom stereocenters. The lowest BCUT2D eigenvalue weighted by Crippen LogP contribution is -2.52. The number of nitrogens with one attached hydrogen (secondary N) is 1. The Morgan fingerprint density at radius 2 is 1.80 bits per heavy atom. The van der Waals surface area contributed by atoms with Gasteiger partial charge in [-0.1, -0.05) is 13.3 Å². The molecule has 1 saturated carbocycles. The number of hydrogen-bond donors (Lipinski definition) is 1. The molecule has 0 aromatic carbocycles. The van der Waals surface area contributed by atoms with Crippen molar-refractivity contribution in [3.8, 4) is 0 Å². The Hall–Kier alpha value is -0.620. The van der Waals surface area contributed by atoms with Crippen LogP contribution >= 0.6 is 0 Å². The van der Waals surface area contributed by atoms with Gasteiger partial charge in [-0.2, -0.15) is 0 Å². The number of carbonyl (C=O) groups is 1. The SMILES string of the molecule is C[C@@H]1C[C@@H]1C(=O)N[C@@H]1CS(=O)(=O)C[C@H]1N1CCCCC1. The molecule has 0 spiro atoms. The third-order valence-electron chi connectivity index (χ3n) is 4.96. The van der Waals surface area contributed by atoms with Crippen LogP contribution in [0, 0.1) is 11.8 Å². The van der Waals surface area contributed by atoms with Crippen LogP contribution in [0.3, 0.4) is 0 Å². The van der Waals surface area contributed by atoms with E-state index >= 15 is 0 Å². The first-order chi connectivity index (χ1) is 9.46. The molecule has 2 heterocycles. The van der Waals surface area contributed by atoms with E-state index in [4.69, 9.17) is 0 Å². The molecular formula is C14H24N2O3S. The fourth-order valence-electron chi connectivity index (χ4n) is 3.55. The molecule has 4 atom stereocenters. The zero-order valence-electron chi connectivity index (χ0n) is 12.0. The molecule has 3 rings (SSSR count). The fraction of sp³-hybridized carbons (Fsp3) is 0.929. The Bertz CT molecular complexity index is 485. The zero-order valence-corrected chi connectivity index (χ0v) is 12.9. The van der Waals surface area contributed by atoms with Crippen molar-refractivity contribution in [2.45, 2.75) is 44.7 Å². The van der Waals surface area contributed by atoms with Gasteiger partial charge in [0.25, 0.3) is 0 Å². The summed E-state index contributed by atoms with van der Waals surface area (Å²) in [4.78, 5) is 14.4. The van der Waals surface area contributed by atoms with Gasteiger partial charge in [-0.25, -0.2) is 8.42 Å². The predicted molar refractivity (Wildman–Crippen MR) is 77.1 cm³/mol. The number of hydrogen-bond acceptors (Lipinski definition) is 4. The summed E-state index contributed by atoms with van der Waals surface area (Å²) in [6, 6.07) is -0.225. The van der Waals surface area contributed by atoms with Crippen molar-refractivity contribution in [3.05, 3.63) is 0 Å². The van der Waals surface area contributed by atoms with Gasteiger partial charge in [0, 0.05) is 12.0 Å². The normalized spacial score (nSPS) is 40.5. The monoisotopic (exact) mass is 300 g/mol. The van der Waals surface area contributed by atoms with Crippen LogP contribution in [0.2, 0.25) is 0 Å². The molecule has 0 aromatic heterocycles. The summed E-state index contributed by atoms with van der Waals surface area (Å²) in [6.07, 6.45) is 4.44. The molecule has 0 aromatic rings. The summed E-state index contributed by atoms with van der Waals surface area (Å²) >= 11 is 0. The van der Waals surface area contributed by atoms with E-state index in [1.807, 2.05) is 0 Å². The van der Waals surface area contributed by atoms with Crippen LogP contribution in [0.15, 0.2) is 0 Å². The summed E-state index contributed by atoms with van der Waals surface area (Å²) in [5, 5.41) is 3.01. The Morgan fingerprint density at radius 3 is 2.40 bits per heavy atom. The average molecular weight is 300 g/mol. The predicted octanol–water partition coefficient (Wildman–Crippen LogP) is 0.410. The van der Waals surface area contributed by atoms with E-state index in [2.05, 4.69) is 17.1 Å². The topological polar surface area (TPSA) is 66.5 Å². The number of sulfone groups is 1. The first kappa shape index (κ1) is 14.3. The molecule has 20 heavy (non-hydrogen) atoms. The molecule has 1 aliphatic carbocycles. The van der Waals surface area contributed by atoms with Crippen molar-refractivity contribution in [3.63, 3.8) is 0 Å². The fourth-order valence-corrected chi connectivity index (χ4v) is 5.51. The van der Waals surface area contributed by atoms with Crippen molar-refractivity contribution in [1.29, 1.82) is 0 Å². The van der Waals surface area contributed by atoms with E-state index in [1.54, 1.807) is 0 Å². The molecule has 1 amide bonds.